The molecule has 3 rings (SSSR count). The minimum absolute atomic E-state index is 0.837. The van der Waals surface area contributed by atoms with E-state index in [2.05, 4.69) is 30.4 Å². The first-order chi connectivity index (χ1) is 9.79. The van der Waals surface area contributed by atoms with Crippen molar-refractivity contribution in [3.05, 3.63) is 76.4 Å². The summed E-state index contributed by atoms with van der Waals surface area (Å²) >= 11 is 5.94. The smallest absolute Gasteiger partial charge is 0.0409 e. The molecule has 0 spiro atoms. The van der Waals surface area contributed by atoms with Crippen molar-refractivity contribution in [1.82, 2.24) is 5.32 Å². The van der Waals surface area contributed by atoms with Crippen molar-refractivity contribution in [3.63, 3.8) is 0 Å². The van der Waals surface area contributed by atoms with Gasteiger partial charge in [-0.25, -0.2) is 0 Å². The third kappa shape index (κ3) is 4.43. The van der Waals surface area contributed by atoms with Gasteiger partial charge in [0.05, 0.1) is 0 Å². The Hall–Kier alpha value is -1.73. The van der Waals surface area contributed by atoms with Crippen molar-refractivity contribution in [1.29, 1.82) is 0 Å². The zero-order chi connectivity index (χ0) is 14.2. The van der Waals surface area contributed by atoms with Crippen LogP contribution in [0.25, 0.3) is 6.08 Å². The minimum atomic E-state index is 0.837. The summed E-state index contributed by atoms with van der Waals surface area (Å²) in [6, 6.07) is 18.1. The summed E-state index contributed by atoms with van der Waals surface area (Å²) in [7, 11) is 0. The molecular weight excluding hydrogens is 266 g/mol. The quantitative estimate of drug-likeness (QED) is 0.825. The van der Waals surface area contributed by atoms with Crippen LogP contribution in [-0.2, 0) is 6.42 Å². The van der Waals surface area contributed by atoms with Gasteiger partial charge in [-0.3, -0.25) is 0 Å². The van der Waals surface area contributed by atoms with Crippen LogP contribution in [0.15, 0.2) is 60.3 Å². The van der Waals surface area contributed by atoms with Gasteiger partial charge in [-0.15, -0.1) is 0 Å². The van der Waals surface area contributed by atoms with Gasteiger partial charge >= 0.3 is 0 Å². The molecule has 0 radical (unpaired) electrons. The Morgan fingerprint density at radius 2 is 1.65 bits per heavy atom. The highest BCUT2D eigenvalue weighted by molar-refractivity contribution is 6.30. The fourth-order valence-electron chi connectivity index (χ4n) is 2.21. The van der Waals surface area contributed by atoms with Gasteiger partial charge in [0.2, 0.25) is 0 Å². The molecule has 2 aromatic rings. The molecule has 0 heterocycles. The van der Waals surface area contributed by atoms with Gasteiger partial charge in [-0.05, 0) is 49.1 Å². The second kappa shape index (κ2) is 7.76. The average Bonchev–Trinajstić information content (AvgIpc) is 2.50. The fraction of sp³-hybridized carbons (Fsp3) is 0.222. The number of aryl methyl sites for hydroxylation is 1. The zero-order valence-corrected chi connectivity index (χ0v) is 12.5. The number of allylic oxidation sites excluding steroid dienone is 1. The van der Waals surface area contributed by atoms with Crippen molar-refractivity contribution in [2.45, 2.75) is 19.8 Å². The highest BCUT2D eigenvalue weighted by Crippen LogP contribution is 2.25. The third-order valence-electron chi connectivity index (χ3n) is 3.17. The molecule has 0 unspecified atom stereocenters. The summed E-state index contributed by atoms with van der Waals surface area (Å²) in [4.78, 5) is 0. The summed E-state index contributed by atoms with van der Waals surface area (Å²) in [5.41, 5.74) is 4.00. The Bertz CT molecular complexity index is 534. The van der Waals surface area contributed by atoms with Crippen LogP contribution in [0.5, 0.6) is 0 Å². The molecule has 2 heteroatoms. The Balaban J connectivity index is 0.000000205. The zero-order valence-electron chi connectivity index (χ0n) is 11.8. The molecule has 104 valence electrons. The van der Waals surface area contributed by atoms with Gasteiger partial charge in [0.25, 0.3) is 0 Å². The molecule has 0 saturated carbocycles. The molecule has 0 atom stereocenters. The number of hydrogen-bond donors (Lipinski definition) is 1. The number of fused-ring (bicyclic) bond motifs is 1. The summed E-state index contributed by atoms with van der Waals surface area (Å²) < 4.78 is 0. The third-order valence-corrected chi connectivity index (χ3v) is 3.40. The molecule has 0 aliphatic heterocycles. The molecule has 1 nitrogen and oxygen atoms in total. The van der Waals surface area contributed by atoms with Crippen LogP contribution >= 0.6 is 11.6 Å². The first-order valence-corrected chi connectivity index (χ1v) is 7.40. The molecule has 1 aliphatic carbocycles. The minimum Gasteiger partial charge on any atom is -0.389 e. The molecular formula is C18H20ClN. The van der Waals surface area contributed by atoms with Crippen molar-refractivity contribution in [3.8, 4) is 0 Å². The van der Waals surface area contributed by atoms with E-state index in [0.717, 1.165) is 24.4 Å². The van der Waals surface area contributed by atoms with Crippen LogP contribution in [0.4, 0.5) is 0 Å². The Kier molecular flexibility index (Phi) is 5.69. The highest BCUT2D eigenvalue weighted by Gasteiger charge is 2.09. The molecule has 1 N–H and O–H groups in total. The van der Waals surface area contributed by atoms with E-state index in [0.29, 0.717) is 0 Å². The van der Waals surface area contributed by atoms with Crippen molar-refractivity contribution in [2.75, 3.05) is 6.54 Å². The molecule has 20 heavy (non-hydrogen) atoms. The van der Waals surface area contributed by atoms with Crippen molar-refractivity contribution >= 4 is 17.7 Å². The monoisotopic (exact) mass is 285 g/mol. The summed E-state index contributed by atoms with van der Waals surface area (Å²) in [6.45, 7) is 3.12. The Labute approximate surface area is 126 Å². The van der Waals surface area contributed by atoms with Gasteiger partial charge in [0.1, 0.15) is 0 Å². The van der Waals surface area contributed by atoms with E-state index < -0.39 is 0 Å². The summed E-state index contributed by atoms with van der Waals surface area (Å²) in [5, 5.41) is 4.21. The van der Waals surface area contributed by atoms with E-state index in [1.54, 1.807) is 0 Å². The summed E-state index contributed by atoms with van der Waals surface area (Å²) in [6.07, 6.45) is 4.41. The maximum Gasteiger partial charge on any atom is 0.0409 e. The van der Waals surface area contributed by atoms with Crippen molar-refractivity contribution < 1.29 is 0 Å². The average molecular weight is 286 g/mol. The largest absolute Gasteiger partial charge is 0.389 e. The van der Waals surface area contributed by atoms with Crippen molar-refractivity contribution in [2.24, 2.45) is 0 Å². The lowest BCUT2D eigenvalue weighted by atomic mass is 9.95. The standard InChI is InChI=1S/C12H14ClN.C6H6/c1-2-14-12-6-4-9-7-11(13)5-3-10(9)8-12;1-2-4-6-5-3-1/h3,5,7-8,14H,2,4,6H2,1H3;1-6H. The Morgan fingerprint density at radius 3 is 2.25 bits per heavy atom. The number of halogens is 1. The second-order valence-corrected chi connectivity index (χ2v) is 5.13. The molecule has 0 bridgehead atoms. The maximum atomic E-state index is 5.94. The molecule has 2 aromatic carbocycles. The lowest BCUT2D eigenvalue weighted by Crippen LogP contribution is -2.15. The predicted molar refractivity (Wildman–Crippen MR) is 87.9 cm³/mol. The number of rotatable bonds is 2. The van der Waals surface area contributed by atoms with Crippen LogP contribution in [0, 0.1) is 0 Å². The van der Waals surface area contributed by atoms with Crippen LogP contribution in [-0.4, -0.2) is 6.54 Å². The van der Waals surface area contributed by atoms with E-state index >= 15 is 0 Å². The molecule has 0 aromatic heterocycles. The lowest BCUT2D eigenvalue weighted by molar-refractivity contribution is 0.771. The van der Waals surface area contributed by atoms with E-state index in [1.807, 2.05) is 42.5 Å². The van der Waals surface area contributed by atoms with E-state index in [4.69, 9.17) is 11.6 Å². The van der Waals surface area contributed by atoms with Gasteiger partial charge in [0, 0.05) is 17.3 Å². The lowest BCUT2D eigenvalue weighted by Gasteiger charge is -2.17. The van der Waals surface area contributed by atoms with Crippen LogP contribution in [0.2, 0.25) is 5.02 Å². The maximum absolute atomic E-state index is 5.94. The number of nitrogens with one attached hydrogen (secondary N) is 1. The summed E-state index contributed by atoms with van der Waals surface area (Å²) in [5.74, 6) is 0. The van der Waals surface area contributed by atoms with Crippen LogP contribution in [0.1, 0.15) is 24.5 Å². The van der Waals surface area contributed by atoms with Gasteiger partial charge < -0.3 is 5.32 Å². The van der Waals surface area contributed by atoms with Gasteiger partial charge in [-0.1, -0.05) is 54.1 Å². The number of hydrogen-bond acceptors (Lipinski definition) is 1. The van der Waals surface area contributed by atoms with E-state index in [-0.39, 0.29) is 0 Å². The van der Waals surface area contributed by atoms with Gasteiger partial charge in [-0.2, -0.15) is 0 Å². The SMILES string of the molecule is CCNC1=Cc2ccc(Cl)cc2CC1.c1ccccc1. The number of benzene rings is 2. The van der Waals surface area contributed by atoms with E-state index in [1.165, 1.54) is 16.8 Å². The van der Waals surface area contributed by atoms with E-state index in [9.17, 15) is 0 Å². The van der Waals surface area contributed by atoms with Gasteiger partial charge in [0.15, 0.2) is 0 Å². The highest BCUT2D eigenvalue weighted by atomic mass is 35.5. The fourth-order valence-corrected chi connectivity index (χ4v) is 2.41. The first kappa shape index (κ1) is 14.7. The second-order valence-electron chi connectivity index (χ2n) is 4.70. The predicted octanol–water partition coefficient (Wildman–Crippen LogP) is 4.92. The topological polar surface area (TPSA) is 12.0 Å². The molecule has 0 saturated heterocycles. The molecule has 0 fully saturated rings. The normalized spacial score (nSPS) is 12.6. The van der Waals surface area contributed by atoms with Crippen LogP contribution < -0.4 is 5.32 Å². The molecule has 0 amide bonds. The van der Waals surface area contributed by atoms with Crippen LogP contribution in [0.3, 0.4) is 0 Å². The Morgan fingerprint density at radius 1 is 1.00 bits per heavy atom. The first-order valence-electron chi connectivity index (χ1n) is 7.02. The molecule has 1 aliphatic rings.